The van der Waals surface area contributed by atoms with E-state index < -0.39 is 0 Å². The second-order valence-corrected chi connectivity index (χ2v) is 6.66. The van der Waals surface area contributed by atoms with Crippen molar-refractivity contribution in [3.8, 4) is 0 Å². The van der Waals surface area contributed by atoms with E-state index in [1.54, 1.807) is 19.1 Å². The number of rotatable bonds is 6. The minimum atomic E-state index is -0.297. The van der Waals surface area contributed by atoms with Gasteiger partial charge in [0.05, 0.1) is 11.5 Å². The molecule has 0 bridgehead atoms. The van der Waals surface area contributed by atoms with E-state index >= 15 is 0 Å². The summed E-state index contributed by atoms with van der Waals surface area (Å²) in [7, 11) is 0. The van der Waals surface area contributed by atoms with Gasteiger partial charge in [-0.25, -0.2) is 9.82 Å². The Morgan fingerprint density at radius 2 is 1.91 bits per heavy atom. The second-order valence-electron chi connectivity index (χ2n) is 4.82. The molecule has 0 aliphatic heterocycles. The molecular weight excluding hydrogens is 379 g/mol. The average Bonchev–Trinajstić information content (AvgIpc) is 2.55. The summed E-state index contributed by atoms with van der Waals surface area (Å²) in [6.45, 7) is 1.77. The number of hydrogen-bond acceptors (Lipinski definition) is 3. The zero-order valence-corrected chi connectivity index (χ0v) is 15.0. The number of carbonyl (C=O) groups excluding carboxylic acids is 1. The standard InChI is InChI=1S/C17H16BrFN2OS/c1-12(13-6-8-15(19)9-7-13)20-21-17(22)11-23-10-14-4-2-3-5-16(14)18/h2-9H,10-11H2,1H3,(H,21,22)/b20-12-. The Labute approximate surface area is 147 Å². The third-order valence-corrected chi connectivity index (χ3v) is 4.81. The maximum atomic E-state index is 12.9. The molecule has 0 fully saturated rings. The van der Waals surface area contributed by atoms with Crippen LogP contribution < -0.4 is 5.43 Å². The van der Waals surface area contributed by atoms with E-state index in [0.717, 1.165) is 21.4 Å². The first-order valence-corrected chi connectivity index (χ1v) is 8.91. The van der Waals surface area contributed by atoms with Gasteiger partial charge in [-0.15, -0.1) is 11.8 Å². The highest BCUT2D eigenvalue weighted by molar-refractivity contribution is 9.10. The Hall–Kier alpha value is -1.66. The van der Waals surface area contributed by atoms with Gasteiger partial charge in [0.15, 0.2) is 0 Å². The Morgan fingerprint density at radius 3 is 2.61 bits per heavy atom. The summed E-state index contributed by atoms with van der Waals surface area (Å²) >= 11 is 5.00. The maximum absolute atomic E-state index is 12.9. The molecule has 2 aromatic carbocycles. The first-order valence-electron chi connectivity index (χ1n) is 6.96. The smallest absolute Gasteiger partial charge is 0.250 e. The van der Waals surface area contributed by atoms with Crippen molar-refractivity contribution in [2.24, 2.45) is 5.10 Å². The van der Waals surface area contributed by atoms with E-state index in [1.165, 1.54) is 23.9 Å². The highest BCUT2D eigenvalue weighted by Crippen LogP contribution is 2.21. The van der Waals surface area contributed by atoms with Crippen LogP contribution in [0.2, 0.25) is 0 Å². The molecule has 2 aromatic rings. The Balaban J connectivity index is 1.79. The molecule has 0 aliphatic carbocycles. The summed E-state index contributed by atoms with van der Waals surface area (Å²) in [6.07, 6.45) is 0. The molecule has 0 aromatic heterocycles. The zero-order valence-electron chi connectivity index (χ0n) is 12.6. The number of hydrogen-bond donors (Lipinski definition) is 1. The molecule has 1 N–H and O–H groups in total. The number of carbonyl (C=O) groups is 1. The number of thioether (sulfide) groups is 1. The van der Waals surface area contributed by atoms with Gasteiger partial charge in [0, 0.05) is 10.2 Å². The van der Waals surface area contributed by atoms with Crippen molar-refractivity contribution in [3.05, 3.63) is 69.9 Å². The van der Waals surface area contributed by atoms with E-state index in [-0.39, 0.29) is 11.7 Å². The van der Waals surface area contributed by atoms with Crippen LogP contribution in [0.4, 0.5) is 4.39 Å². The molecule has 0 atom stereocenters. The molecule has 6 heteroatoms. The SMILES string of the molecule is C/C(=N/NC(=O)CSCc1ccccc1Br)c1ccc(F)cc1. The van der Waals surface area contributed by atoms with Crippen LogP contribution in [-0.2, 0) is 10.5 Å². The normalized spacial score (nSPS) is 11.3. The number of nitrogens with zero attached hydrogens (tertiary/aromatic N) is 1. The molecule has 0 unspecified atom stereocenters. The van der Waals surface area contributed by atoms with Crippen LogP contribution in [0.25, 0.3) is 0 Å². The molecule has 0 aliphatic rings. The Kier molecular flexibility index (Phi) is 6.80. The van der Waals surface area contributed by atoms with Crippen LogP contribution in [0.3, 0.4) is 0 Å². The van der Waals surface area contributed by atoms with Crippen LogP contribution in [0.5, 0.6) is 0 Å². The van der Waals surface area contributed by atoms with Crippen molar-refractivity contribution in [1.82, 2.24) is 5.43 Å². The van der Waals surface area contributed by atoms with Gasteiger partial charge in [0.2, 0.25) is 5.91 Å². The van der Waals surface area contributed by atoms with Crippen LogP contribution in [0.1, 0.15) is 18.1 Å². The molecule has 3 nitrogen and oxygen atoms in total. The minimum Gasteiger partial charge on any atom is -0.272 e. The van der Waals surface area contributed by atoms with E-state index in [0.29, 0.717) is 11.5 Å². The number of benzene rings is 2. The molecule has 0 saturated carbocycles. The molecule has 0 spiro atoms. The lowest BCUT2D eigenvalue weighted by Crippen LogP contribution is -2.21. The van der Waals surface area contributed by atoms with E-state index in [2.05, 4.69) is 26.5 Å². The van der Waals surface area contributed by atoms with Crippen molar-refractivity contribution >= 4 is 39.3 Å². The van der Waals surface area contributed by atoms with Crippen LogP contribution in [0.15, 0.2) is 58.1 Å². The monoisotopic (exact) mass is 394 g/mol. The predicted molar refractivity (Wildman–Crippen MR) is 97.1 cm³/mol. The van der Waals surface area contributed by atoms with Crippen molar-refractivity contribution in [2.45, 2.75) is 12.7 Å². The fourth-order valence-electron chi connectivity index (χ4n) is 1.80. The lowest BCUT2D eigenvalue weighted by Gasteiger charge is -2.05. The highest BCUT2D eigenvalue weighted by atomic mass is 79.9. The van der Waals surface area contributed by atoms with Crippen molar-refractivity contribution in [2.75, 3.05) is 5.75 Å². The fraction of sp³-hybridized carbons (Fsp3) is 0.176. The second kappa shape index (κ2) is 8.84. The molecule has 0 saturated heterocycles. The van der Waals surface area contributed by atoms with E-state index in [9.17, 15) is 9.18 Å². The molecule has 2 rings (SSSR count). The largest absolute Gasteiger partial charge is 0.272 e. The lowest BCUT2D eigenvalue weighted by molar-refractivity contribution is -0.118. The summed E-state index contributed by atoms with van der Waals surface area (Å²) in [5.41, 5.74) is 5.07. The van der Waals surface area contributed by atoms with Gasteiger partial charge in [0.25, 0.3) is 0 Å². The Bertz CT molecular complexity index is 704. The van der Waals surface area contributed by atoms with Gasteiger partial charge >= 0.3 is 0 Å². The first-order chi connectivity index (χ1) is 11.1. The maximum Gasteiger partial charge on any atom is 0.250 e. The summed E-state index contributed by atoms with van der Waals surface area (Å²) in [6, 6.07) is 13.9. The Morgan fingerprint density at radius 1 is 1.22 bits per heavy atom. The highest BCUT2D eigenvalue weighted by Gasteiger charge is 2.04. The van der Waals surface area contributed by atoms with Gasteiger partial charge in [0.1, 0.15) is 5.82 Å². The quantitative estimate of drug-likeness (QED) is 0.583. The predicted octanol–water partition coefficient (Wildman–Crippen LogP) is 4.36. The number of amides is 1. The third-order valence-electron chi connectivity index (χ3n) is 3.06. The van der Waals surface area contributed by atoms with Gasteiger partial charge in [-0.2, -0.15) is 5.10 Å². The topological polar surface area (TPSA) is 41.5 Å². The average molecular weight is 395 g/mol. The van der Waals surface area contributed by atoms with Crippen molar-refractivity contribution in [3.63, 3.8) is 0 Å². The van der Waals surface area contributed by atoms with Gasteiger partial charge in [-0.05, 0) is 36.2 Å². The summed E-state index contributed by atoms with van der Waals surface area (Å²) in [4.78, 5) is 11.8. The van der Waals surface area contributed by atoms with Gasteiger partial charge in [-0.1, -0.05) is 46.3 Å². The summed E-state index contributed by atoms with van der Waals surface area (Å²) in [5, 5.41) is 4.04. The van der Waals surface area contributed by atoms with Crippen LogP contribution >= 0.6 is 27.7 Å². The van der Waals surface area contributed by atoms with Crippen LogP contribution in [-0.4, -0.2) is 17.4 Å². The van der Waals surface area contributed by atoms with Gasteiger partial charge in [-0.3, -0.25) is 4.79 Å². The molecule has 23 heavy (non-hydrogen) atoms. The molecular formula is C17H16BrFN2OS. The zero-order chi connectivity index (χ0) is 16.7. The number of nitrogens with one attached hydrogen (secondary N) is 1. The third kappa shape index (κ3) is 5.80. The van der Waals surface area contributed by atoms with Gasteiger partial charge < -0.3 is 0 Å². The van der Waals surface area contributed by atoms with Crippen LogP contribution in [0, 0.1) is 5.82 Å². The molecule has 120 valence electrons. The lowest BCUT2D eigenvalue weighted by atomic mass is 10.1. The van der Waals surface area contributed by atoms with E-state index in [1.807, 2.05) is 24.3 Å². The van der Waals surface area contributed by atoms with Crippen molar-refractivity contribution < 1.29 is 9.18 Å². The molecule has 1 amide bonds. The number of hydrazone groups is 1. The fourth-order valence-corrected chi connectivity index (χ4v) is 3.24. The number of halogens is 2. The summed E-state index contributed by atoms with van der Waals surface area (Å²) in [5.74, 6) is 0.606. The van der Waals surface area contributed by atoms with E-state index in [4.69, 9.17) is 0 Å². The summed E-state index contributed by atoms with van der Waals surface area (Å²) < 4.78 is 13.9. The minimum absolute atomic E-state index is 0.163. The van der Waals surface area contributed by atoms with Crippen molar-refractivity contribution in [1.29, 1.82) is 0 Å². The first kappa shape index (κ1) is 17.7. The molecule has 0 radical (unpaired) electrons. The molecule has 0 heterocycles.